The summed E-state index contributed by atoms with van der Waals surface area (Å²) in [5, 5.41) is 0.349. The molecule has 0 aliphatic carbocycles. The molecule has 17 heavy (non-hydrogen) atoms. The van der Waals surface area contributed by atoms with Crippen molar-refractivity contribution in [3.63, 3.8) is 0 Å². The minimum absolute atomic E-state index is 0.301. The maximum Gasteiger partial charge on any atom is 0.133 e. The summed E-state index contributed by atoms with van der Waals surface area (Å²) in [5.41, 5.74) is 0.987. The van der Waals surface area contributed by atoms with Crippen molar-refractivity contribution in [1.82, 2.24) is 9.97 Å². The van der Waals surface area contributed by atoms with Crippen LogP contribution in [0.2, 0.25) is 5.15 Å². The van der Waals surface area contributed by atoms with Gasteiger partial charge in [-0.05, 0) is 18.6 Å². The summed E-state index contributed by atoms with van der Waals surface area (Å²) in [6.07, 6.45) is 1.67. The van der Waals surface area contributed by atoms with Gasteiger partial charge < -0.3 is 0 Å². The standard InChI is InChI=1S/C13H12ClFN2/c1-2-5-13-16-11(8-12(14)17-13)9-6-3-4-7-10(9)15/h3-4,6-8H,2,5H2,1H3. The van der Waals surface area contributed by atoms with Crippen LogP contribution in [-0.2, 0) is 6.42 Å². The predicted molar refractivity (Wildman–Crippen MR) is 66.4 cm³/mol. The molecule has 0 saturated carbocycles. The van der Waals surface area contributed by atoms with E-state index >= 15 is 0 Å². The molecular weight excluding hydrogens is 239 g/mol. The van der Waals surface area contributed by atoms with Crippen LogP contribution >= 0.6 is 11.6 Å². The third-order valence-electron chi connectivity index (χ3n) is 2.36. The molecule has 0 radical (unpaired) electrons. The lowest BCUT2D eigenvalue weighted by atomic mass is 10.1. The number of halogens is 2. The Kier molecular flexibility index (Phi) is 3.69. The highest BCUT2D eigenvalue weighted by Crippen LogP contribution is 2.22. The summed E-state index contributed by atoms with van der Waals surface area (Å²) in [6.45, 7) is 2.03. The normalized spacial score (nSPS) is 10.5. The zero-order valence-electron chi connectivity index (χ0n) is 9.45. The van der Waals surface area contributed by atoms with Crippen LogP contribution in [0.4, 0.5) is 4.39 Å². The van der Waals surface area contributed by atoms with Crippen LogP contribution in [0.3, 0.4) is 0 Å². The number of aromatic nitrogens is 2. The number of benzene rings is 1. The average molecular weight is 251 g/mol. The molecule has 2 aromatic rings. The van der Waals surface area contributed by atoms with E-state index in [2.05, 4.69) is 9.97 Å². The summed E-state index contributed by atoms with van der Waals surface area (Å²) >= 11 is 5.91. The van der Waals surface area contributed by atoms with E-state index < -0.39 is 0 Å². The molecule has 0 saturated heterocycles. The van der Waals surface area contributed by atoms with Gasteiger partial charge in [-0.3, -0.25) is 0 Å². The first kappa shape index (κ1) is 12.0. The third-order valence-corrected chi connectivity index (χ3v) is 2.56. The summed E-state index contributed by atoms with van der Waals surface area (Å²) in [4.78, 5) is 8.43. The molecule has 4 heteroatoms. The zero-order chi connectivity index (χ0) is 12.3. The lowest BCUT2D eigenvalue weighted by Gasteiger charge is -2.05. The molecule has 1 aromatic carbocycles. The molecule has 0 aliphatic rings. The Morgan fingerprint density at radius 1 is 1.24 bits per heavy atom. The second-order valence-electron chi connectivity index (χ2n) is 3.72. The average Bonchev–Trinajstić information content (AvgIpc) is 2.29. The van der Waals surface area contributed by atoms with Crippen molar-refractivity contribution >= 4 is 11.6 Å². The fraction of sp³-hybridized carbons (Fsp3) is 0.231. The summed E-state index contributed by atoms with van der Waals surface area (Å²) in [6, 6.07) is 8.09. The highest BCUT2D eigenvalue weighted by molar-refractivity contribution is 6.29. The van der Waals surface area contributed by atoms with Crippen LogP contribution in [0.5, 0.6) is 0 Å². The van der Waals surface area contributed by atoms with Crippen molar-refractivity contribution in [2.24, 2.45) is 0 Å². The molecular formula is C13H12ClFN2. The smallest absolute Gasteiger partial charge is 0.133 e. The molecule has 0 spiro atoms. The molecule has 2 rings (SSSR count). The van der Waals surface area contributed by atoms with Crippen LogP contribution in [-0.4, -0.2) is 9.97 Å². The van der Waals surface area contributed by atoms with Gasteiger partial charge in [-0.15, -0.1) is 0 Å². The number of nitrogens with zero attached hydrogens (tertiary/aromatic N) is 2. The quantitative estimate of drug-likeness (QED) is 0.773. The molecule has 2 nitrogen and oxygen atoms in total. The van der Waals surface area contributed by atoms with Crippen LogP contribution < -0.4 is 0 Å². The van der Waals surface area contributed by atoms with Gasteiger partial charge in [0.05, 0.1) is 5.69 Å². The van der Waals surface area contributed by atoms with E-state index in [1.54, 1.807) is 24.3 Å². The topological polar surface area (TPSA) is 25.8 Å². The number of hydrogen-bond donors (Lipinski definition) is 0. The Balaban J connectivity index is 2.48. The minimum Gasteiger partial charge on any atom is -0.233 e. The van der Waals surface area contributed by atoms with E-state index in [4.69, 9.17) is 11.6 Å². The maximum atomic E-state index is 13.6. The van der Waals surface area contributed by atoms with Crippen LogP contribution in [0.25, 0.3) is 11.3 Å². The van der Waals surface area contributed by atoms with E-state index in [0.717, 1.165) is 12.8 Å². The second-order valence-corrected chi connectivity index (χ2v) is 4.11. The third kappa shape index (κ3) is 2.80. The first-order valence-electron chi connectivity index (χ1n) is 5.49. The van der Waals surface area contributed by atoms with E-state index in [-0.39, 0.29) is 5.82 Å². The fourth-order valence-corrected chi connectivity index (χ4v) is 1.81. The van der Waals surface area contributed by atoms with Gasteiger partial charge in [-0.2, -0.15) is 0 Å². The highest BCUT2D eigenvalue weighted by Gasteiger charge is 2.08. The Bertz CT molecular complexity index is 529. The van der Waals surface area contributed by atoms with Crippen molar-refractivity contribution in [2.45, 2.75) is 19.8 Å². The van der Waals surface area contributed by atoms with Crippen LogP contribution in [0.1, 0.15) is 19.2 Å². The second kappa shape index (κ2) is 5.23. The Labute approximate surface area is 104 Å². The minimum atomic E-state index is -0.301. The molecule has 88 valence electrons. The van der Waals surface area contributed by atoms with Crippen LogP contribution in [0.15, 0.2) is 30.3 Å². The first-order chi connectivity index (χ1) is 8.20. The van der Waals surface area contributed by atoms with Crippen molar-refractivity contribution in [2.75, 3.05) is 0 Å². The van der Waals surface area contributed by atoms with Gasteiger partial charge in [0.15, 0.2) is 0 Å². The van der Waals surface area contributed by atoms with E-state index in [0.29, 0.717) is 22.2 Å². The lowest BCUT2D eigenvalue weighted by molar-refractivity contribution is 0.630. The SMILES string of the molecule is CCCc1nc(Cl)cc(-c2ccccc2F)n1. The molecule has 1 aromatic heterocycles. The van der Waals surface area contributed by atoms with Crippen LogP contribution in [0, 0.1) is 5.82 Å². The molecule has 0 unspecified atom stereocenters. The summed E-state index contributed by atoms with van der Waals surface area (Å²) in [7, 11) is 0. The highest BCUT2D eigenvalue weighted by atomic mass is 35.5. The monoisotopic (exact) mass is 250 g/mol. The van der Waals surface area contributed by atoms with Crippen molar-refractivity contribution in [3.8, 4) is 11.3 Å². The van der Waals surface area contributed by atoms with E-state index in [1.807, 2.05) is 6.92 Å². The van der Waals surface area contributed by atoms with Gasteiger partial charge in [-0.1, -0.05) is 30.7 Å². The lowest BCUT2D eigenvalue weighted by Crippen LogP contribution is -1.98. The molecule has 0 N–H and O–H groups in total. The van der Waals surface area contributed by atoms with Gasteiger partial charge in [0, 0.05) is 18.1 Å². The predicted octanol–water partition coefficient (Wildman–Crippen LogP) is 3.89. The van der Waals surface area contributed by atoms with Gasteiger partial charge in [0.1, 0.15) is 16.8 Å². The van der Waals surface area contributed by atoms with E-state index in [1.165, 1.54) is 6.07 Å². The number of rotatable bonds is 3. The van der Waals surface area contributed by atoms with Crippen molar-refractivity contribution in [3.05, 3.63) is 47.1 Å². The molecule has 0 atom stereocenters. The molecule has 0 amide bonds. The van der Waals surface area contributed by atoms with E-state index in [9.17, 15) is 4.39 Å². The Hall–Kier alpha value is -1.48. The first-order valence-corrected chi connectivity index (χ1v) is 5.87. The Morgan fingerprint density at radius 3 is 2.71 bits per heavy atom. The molecule has 0 aliphatic heterocycles. The largest absolute Gasteiger partial charge is 0.233 e. The maximum absolute atomic E-state index is 13.6. The molecule has 0 bridgehead atoms. The van der Waals surface area contributed by atoms with Gasteiger partial charge in [0.25, 0.3) is 0 Å². The van der Waals surface area contributed by atoms with Gasteiger partial charge in [0.2, 0.25) is 0 Å². The Morgan fingerprint density at radius 2 is 2.00 bits per heavy atom. The fourth-order valence-electron chi connectivity index (χ4n) is 1.61. The van der Waals surface area contributed by atoms with Gasteiger partial charge in [-0.25, -0.2) is 14.4 Å². The van der Waals surface area contributed by atoms with Crippen molar-refractivity contribution in [1.29, 1.82) is 0 Å². The number of aryl methyl sites for hydroxylation is 1. The zero-order valence-corrected chi connectivity index (χ0v) is 10.2. The summed E-state index contributed by atoms with van der Waals surface area (Å²) in [5.74, 6) is 0.350. The van der Waals surface area contributed by atoms with Gasteiger partial charge >= 0.3 is 0 Å². The summed E-state index contributed by atoms with van der Waals surface area (Å²) < 4.78 is 13.6. The van der Waals surface area contributed by atoms with Crippen molar-refractivity contribution < 1.29 is 4.39 Å². The molecule has 0 fully saturated rings. The molecule has 1 heterocycles. The number of hydrogen-bond acceptors (Lipinski definition) is 2.